The van der Waals surface area contributed by atoms with Gasteiger partial charge in [0.2, 0.25) is 5.91 Å². The summed E-state index contributed by atoms with van der Waals surface area (Å²) in [6.07, 6.45) is -1.38. The van der Waals surface area contributed by atoms with Gasteiger partial charge in [-0.2, -0.15) is 0 Å². The minimum atomic E-state index is -1.38. The van der Waals surface area contributed by atoms with Crippen LogP contribution in [0, 0.1) is 5.92 Å². The van der Waals surface area contributed by atoms with Crippen LogP contribution in [0.2, 0.25) is 5.02 Å². The number of halogens is 1. The van der Waals surface area contributed by atoms with Crippen LogP contribution in [0.4, 0.5) is 5.69 Å². The van der Waals surface area contributed by atoms with Gasteiger partial charge in [-0.1, -0.05) is 30.7 Å². The minimum Gasteiger partial charge on any atom is -0.382 e. The molecule has 1 saturated heterocycles. The molecule has 2 atom stereocenters. The number of rotatable bonds is 4. The number of nitrogens with zero attached hydrogens (tertiary/aromatic N) is 2. The number of aliphatic hydroxyl groups excluding tert-OH is 1. The van der Waals surface area contributed by atoms with Crippen LogP contribution in [-0.4, -0.2) is 54.1 Å². The standard InChI is InChI=1S/C15H20ClN3O3/c1-10(14(17)21)13(20)15(22)19-8-6-18(7-9-19)12-5-3-2-4-11(12)16/h2-5,10,13,20H,6-9H2,1H3,(H2,17,21)/t10-,13-/m1/s1. The van der Waals surface area contributed by atoms with Crippen LogP contribution in [-0.2, 0) is 9.59 Å². The lowest BCUT2D eigenvalue weighted by atomic mass is 10.0. The number of piperazine rings is 1. The third-order valence-corrected chi connectivity index (χ3v) is 4.28. The summed E-state index contributed by atoms with van der Waals surface area (Å²) >= 11 is 6.17. The maximum absolute atomic E-state index is 12.2. The average Bonchev–Trinajstić information content (AvgIpc) is 2.53. The Morgan fingerprint density at radius 1 is 1.23 bits per heavy atom. The molecule has 2 amide bonds. The van der Waals surface area contributed by atoms with E-state index in [-0.39, 0.29) is 0 Å². The number of para-hydroxylation sites is 1. The summed E-state index contributed by atoms with van der Waals surface area (Å²) in [6, 6.07) is 7.54. The van der Waals surface area contributed by atoms with E-state index < -0.39 is 23.8 Å². The van der Waals surface area contributed by atoms with Gasteiger partial charge in [-0.05, 0) is 12.1 Å². The van der Waals surface area contributed by atoms with Crippen LogP contribution in [0.5, 0.6) is 0 Å². The third kappa shape index (κ3) is 3.51. The van der Waals surface area contributed by atoms with Gasteiger partial charge in [-0.3, -0.25) is 9.59 Å². The molecule has 0 spiro atoms. The first-order chi connectivity index (χ1) is 10.4. The molecule has 120 valence electrons. The summed E-state index contributed by atoms with van der Waals surface area (Å²) < 4.78 is 0. The molecule has 7 heteroatoms. The molecule has 0 aliphatic carbocycles. The van der Waals surface area contributed by atoms with Gasteiger partial charge in [-0.15, -0.1) is 0 Å². The van der Waals surface area contributed by atoms with Gasteiger partial charge in [0.25, 0.3) is 5.91 Å². The first-order valence-electron chi connectivity index (χ1n) is 7.17. The highest BCUT2D eigenvalue weighted by atomic mass is 35.5. The number of hydrogen-bond donors (Lipinski definition) is 2. The van der Waals surface area contributed by atoms with Crippen LogP contribution >= 0.6 is 11.6 Å². The molecule has 0 radical (unpaired) electrons. The summed E-state index contributed by atoms with van der Waals surface area (Å²) in [7, 11) is 0. The Morgan fingerprint density at radius 2 is 1.82 bits per heavy atom. The van der Waals surface area contributed by atoms with Gasteiger partial charge in [0.05, 0.1) is 16.6 Å². The van der Waals surface area contributed by atoms with Crippen molar-refractivity contribution < 1.29 is 14.7 Å². The second-order valence-electron chi connectivity index (χ2n) is 5.40. The normalized spacial score (nSPS) is 18.0. The number of primary amides is 1. The fourth-order valence-corrected chi connectivity index (χ4v) is 2.69. The molecule has 1 aliphatic heterocycles. The predicted molar refractivity (Wildman–Crippen MR) is 84.6 cm³/mol. The number of benzene rings is 1. The Balaban J connectivity index is 1.96. The summed E-state index contributed by atoms with van der Waals surface area (Å²) in [5.41, 5.74) is 6.06. The van der Waals surface area contributed by atoms with Crippen molar-refractivity contribution in [3.63, 3.8) is 0 Å². The van der Waals surface area contributed by atoms with Gasteiger partial charge in [-0.25, -0.2) is 0 Å². The van der Waals surface area contributed by atoms with Crippen LogP contribution < -0.4 is 10.6 Å². The molecule has 22 heavy (non-hydrogen) atoms. The molecule has 1 heterocycles. The Kier molecular flexibility index (Phi) is 5.26. The van der Waals surface area contributed by atoms with Gasteiger partial charge >= 0.3 is 0 Å². The second-order valence-corrected chi connectivity index (χ2v) is 5.81. The molecule has 1 aliphatic rings. The fraction of sp³-hybridized carbons (Fsp3) is 0.467. The van der Waals surface area contributed by atoms with Gasteiger partial charge < -0.3 is 20.6 Å². The summed E-state index contributed by atoms with van der Waals surface area (Å²) in [6.45, 7) is 3.62. The predicted octanol–water partition coefficient (Wildman–Crippen LogP) is 0.471. The van der Waals surface area contributed by atoms with Crippen molar-refractivity contribution in [3.8, 4) is 0 Å². The van der Waals surface area contributed by atoms with Crippen LogP contribution in [0.25, 0.3) is 0 Å². The van der Waals surface area contributed by atoms with Crippen LogP contribution in [0.15, 0.2) is 24.3 Å². The number of anilines is 1. The van der Waals surface area contributed by atoms with Crippen LogP contribution in [0.3, 0.4) is 0 Å². The zero-order valence-corrected chi connectivity index (χ0v) is 13.2. The zero-order valence-electron chi connectivity index (χ0n) is 12.4. The van der Waals surface area contributed by atoms with Crippen molar-refractivity contribution in [3.05, 3.63) is 29.3 Å². The zero-order chi connectivity index (χ0) is 16.3. The first-order valence-corrected chi connectivity index (χ1v) is 7.55. The monoisotopic (exact) mass is 325 g/mol. The lowest BCUT2D eigenvalue weighted by molar-refractivity contribution is -0.146. The molecule has 6 nitrogen and oxygen atoms in total. The highest BCUT2D eigenvalue weighted by Crippen LogP contribution is 2.26. The SMILES string of the molecule is C[C@@H](C(N)=O)[C@@H](O)C(=O)N1CCN(c2ccccc2Cl)CC1. The molecule has 2 rings (SSSR count). The lowest BCUT2D eigenvalue weighted by Crippen LogP contribution is -2.53. The Morgan fingerprint density at radius 3 is 2.36 bits per heavy atom. The molecule has 0 unspecified atom stereocenters. The smallest absolute Gasteiger partial charge is 0.252 e. The summed E-state index contributed by atoms with van der Waals surface area (Å²) in [5.74, 6) is -2.03. The van der Waals surface area contributed by atoms with E-state index in [1.165, 1.54) is 6.92 Å². The Labute approximate surface area is 134 Å². The molecule has 0 bridgehead atoms. The highest BCUT2D eigenvalue weighted by Gasteiger charge is 2.32. The van der Waals surface area contributed by atoms with Crippen molar-refractivity contribution in [1.82, 2.24) is 4.90 Å². The van der Waals surface area contributed by atoms with Gasteiger partial charge in [0.15, 0.2) is 0 Å². The highest BCUT2D eigenvalue weighted by molar-refractivity contribution is 6.33. The first kappa shape index (κ1) is 16.6. The number of nitrogens with two attached hydrogens (primary N) is 1. The topological polar surface area (TPSA) is 86.9 Å². The number of hydrogen-bond acceptors (Lipinski definition) is 4. The quantitative estimate of drug-likeness (QED) is 0.842. The van der Waals surface area contributed by atoms with Crippen molar-refractivity contribution in [2.75, 3.05) is 31.1 Å². The summed E-state index contributed by atoms with van der Waals surface area (Å²) in [5, 5.41) is 10.6. The minimum absolute atomic E-state index is 0.454. The molecular formula is C15H20ClN3O3. The number of carbonyl (C=O) groups excluding carboxylic acids is 2. The number of amides is 2. The van der Waals surface area contributed by atoms with Crippen molar-refractivity contribution in [2.24, 2.45) is 11.7 Å². The average molecular weight is 326 g/mol. The van der Waals surface area contributed by atoms with Crippen molar-refractivity contribution in [2.45, 2.75) is 13.0 Å². The molecule has 1 aromatic rings. The Bertz CT molecular complexity index is 559. The molecular weight excluding hydrogens is 306 g/mol. The third-order valence-electron chi connectivity index (χ3n) is 3.96. The fourth-order valence-electron chi connectivity index (χ4n) is 2.43. The maximum atomic E-state index is 12.2. The van der Waals surface area contributed by atoms with Crippen molar-refractivity contribution >= 4 is 29.1 Å². The second kappa shape index (κ2) is 6.98. The van der Waals surface area contributed by atoms with Gasteiger partial charge in [0.1, 0.15) is 6.10 Å². The van der Waals surface area contributed by atoms with E-state index in [0.29, 0.717) is 31.2 Å². The molecule has 3 N–H and O–H groups in total. The van der Waals surface area contributed by atoms with E-state index in [2.05, 4.69) is 4.90 Å². The maximum Gasteiger partial charge on any atom is 0.252 e. The van der Waals surface area contributed by atoms with E-state index in [4.69, 9.17) is 17.3 Å². The number of carbonyl (C=O) groups is 2. The number of aliphatic hydroxyl groups is 1. The molecule has 1 aromatic carbocycles. The summed E-state index contributed by atoms with van der Waals surface area (Å²) in [4.78, 5) is 26.9. The van der Waals surface area contributed by atoms with Crippen molar-refractivity contribution in [1.29, 1.82) is 0 Å². The van der Waals surface area contributed by atoms with E-state index in [9.17, 15) is 14.7 Å². The Hall–Kier alpha value is -1.79. The molecule has 1 fully saturated rings. The van der Waals surface area contributed by atoms with Crippen LogP contribution in [0.1, 0.15) is 6.92 Å². The molecule has 0 aromatic heterocycles. The van der Waals surface area contributed by atoms with E-state index in [1.54, 1.807) is 4.90 Å². The largest absolute Gasteiger partial charge is 0.382 e. The molecule has 0 saturated carbocycles. The van der Waals surface area contributed by atoms with E-state index in [0.717, 1.165) is 5.69 Å². The van der Waals surface area contributed by atoms with E-state index >= 15 is 0 Å². The lowest BCUT2D eigenvalue weighted by Gasteiger charge is -2.37. The van der Waals surface area contributed by atoms with Gasteiger partial charge in [0, 0.05) is 26.2 Å². The van der Waals surface area contributed by atoms with E-state index in [1.807, 2.05) is 24.3 Å².